The Morgan fingerprint density at radius 2 is 2.12 bits per heavy atom. The lowest BCUT2D eigenvalue weighted by Gasteiger charge is -2.18. The fourth-order valence-corrected chi connectivity index (χ4v) is 2.16. The van der Waals surface area contributed by atoms with Crippen LogP contribution in [0.5, 0.6) is 0 Å². The van der Waals surface area contributed by atoms with Crippen LogP contribution in [0.15, 0.2) is 30.6 Å². The van der Waals surface area contributed by atoms with E-state index in [2.05, 4.69) is 15.3 Å². The molecule has 124 valence electrons. The van der Waals surface area contributed by atoms with Gasteiger partial charge in [-0.05, 0) is 18.9 Å². The van der Waals surface area contributed by atoms with Crippen molar-refractivity contribution < 1.29 is 14.1 Å². The van der Waals surface area contributed by atoms with Crippen LogP contribution >= 0.6 is 0 Å². The summed E-state index contributed by atoms with van der Waals surface area (Å²) in [6.07, 6.45) is 3.05. The minimum atomic E-state index is -0.930. The topological polar surface area (TPSA) is 101 Å². The van der Waals surface area contributed by atoms with E-state index < -0.39 is 16.4 Å². The molecule has 0 unspecified atom stereocenters. The van der Waals surface area contributed by atoms with Crippen LogP contribution < -0.4 is 10.2 Å². The van der Waals surface area contributed by atoms with Crippen LogP contribution in [0.4, 0.5) is 27.4 Å². The summed E-state index contributed by atoms with van der Waals surface area (Å²) in [5.74, 6) is -0.190. The quantitative estimate of drug-likeness (QED) is 0.667. The van der Waals surface area contributed by atoms with Crippen molar-refractivity contribution in [3.63, 3.8) is 0 Å². The molecule has 8 nitrogen and oxygen atoms in total. The molecule has 0 bridgehead atoms. The molecule has 1 aliphatic carbocycles. The van der Waals surface area contributed by atoms with Crippen molar-refractivity contribution in [2.24, 2.45) is 5.92 Å². The highest BCUT2D eigenvalue weighted by molar-refractivity contribution is 5.93. The Morgan fingerprint density at radius 3 is 2.75 bits per heavy atom. The molecular weight excluding hydrogens is 317 g/mol. The number of carbonyl (C=O) groups is 1. The first-order chi connectivity index (χ1) is 11.5. The van der Waals surface area contributed by atoms with Gasteiger partial charge in [0.2, 0.25) is 11.7 Å². The molecule has 1 aliphatic rings. The molecule has 9 heteroatoms. The summed E-state index contributed by atoms with van der Waals surface area (Å²) >= 11 is 0. The van der Waals surface area contributed by atoms with Crippen molar-refractivity contribution in [2.45, 2.75) is 12.8 Å². The molecule has 1 saturated carbocycles. The second kappa shape index (κ2) is 6.19. The summed E-state index contributed by atoms with van der Waals surface area (Å²) in [5, 5.41) is 13.4. The molecule has 1 heterocycles. The Hall–Kier alpha value is -3.10. The summed E-state index contributed by atoms with van der Waals surface area (Å²) in [4.78, 5) is 31.3. The first-order valence-corrected chi connectivity index (χ1v) is 7.26. The first kappa shape index (κ1) is 15.8. The van der Waals surface area contributed by atoms with Crippen LogP contribution in [0.1, 0.15) is 12.8 Å². The van der Waals surface area contributed by atoms with Crippen LogP contribution in [-0.2, 0) is 4.79 Å². The first-order valence-electron chi connectivity index (χ1n) is 7.26. The van der Waals surface area contributed by atoms with Gasteiger partial charge < -0.3 is 10.2 Å². The molecule has 1 fully saturated rings. The Balaban J connectivity index is 1.81. The number of carbonyl (C=O) groups excluding carboxylic acids is 1. The van der Waals surface area contributed by atoms with E-state index in [1.165, 1.54) is 12.4 Å². The van der Waals surface area contributed by atoms with Crippen LogP contribution in [-0.4, -0.2) is 27.8 Å². The number of halogens is 1. The third-order valence-corrected chi connectivity index (χ3v) is 3.71. The van der Waals surface area contributed by atoms with E-state index in [0.717, 1.165) is 25.0 Å². The predicted octanol–water partition coefficient (Wildman–Crippen LogP) is 2.64. The average Bonchev–Trinajstić information content (AvgIpc) is 3.39. The zero-order valence-electron chi connectivity index (χ0n) is 12.8. The molecule has 1 amide bonds. The third-order valence-electron chi connectivity index (χ3n) is 3.71. The second-order valence-electron chi connectivity index (χ2n) is 5.48. The molecule has 1 aromatic heterocycles. The molecule has 1 aromatic carbocycles. The molecule has 0 spiro atoms. The second-order valence-corrected chi connectivity index (χ2v) is 5.48. The summed E-state index contributed by atoms with van der Waals surface area (Å²) < 4.78 is 13.8. The van der Waals surface area contributed by atoms with E-state index in [-0.39, 0.29) is 11.8 Å². The Labute approximate surface area is 136 Å². The Kier molecular flexibility index (Phi) is 4.07. The number of rotatable bonds is 5. The molecule has 24 heavy (non-hydrogen) atoms. The number of hydrogen-bond acceptors (Lipinski definition) is 6. The zero-order valence-corrected chi connectivity index (χ0v) is 12.8. The van der Waals surface area contributed by atoms with E-state index in [0.29, 0.717) is 17.3 Å². The number of aromatic nitrogens is 2. The number of nitro benzene ring substituents is 1. The van der Waals surface area contributed by atoms with Gasteiger partial charge in [-0.3, -0.25) is 14.9 Å². The maximum absolute atomic E-state index is 13.8. The van der Waals surface area contributed by atoms with E-state index >= 15 is 0 Å². The lowest BCUT2D eigenvalue weighted by atomic mass is 10.2. The van der Waals surface area contributed by atoms with Crippen molar-refractivity contribution in [1.82, 2.24) is 9.97 Å². The predicted molar refractivity (Wildman–Crippen MR) is 84.5 cm³/mol. The smallest absolute Gasteiger partial charge is 0.304 e. The third kappa shape index (κ3) is 3.29. The number of hydrogen-bond donors (Lipinski definition) is 1. The number of nitrogens with one attached hydrogen (secondary N) is 1. The monoisotopic (exact) mass is 331 g/mol. The van der Waals surface area contributed by atoms with Gasteiger partial charge in [0, 0.05) is 36.9 Å². The summed E-state index contributed by atoms with van der Waals surface area (Å²) in [7, 11) is 1.63. The van der Waals surface area contributed by atoms with E-state index in [1.54, 1.807) is 18.0 Å². The normalized spacial score (nSPS) is 13.4. The number of benzene rings is 1. The van der Waals surface area contributed by atoms with Gasteiger partial charge in [-0.1, -0.05) is 0 Å². The van der Waals surface area contributed by atoms with Gasteiger partial charge in [0.15, 0.2) is 0 Å². The van der Waals surface area contributed by atoms with Gasteiger partial charge in [0.1, 0.15) is 18.0 Å². The molecule has 0 aliphatic heterocycles. The van der Waals surface area contributed by atoms with Gasteiger partial charge in [-0.25, -0.2) is 9.97 Å². The minimum Gasteiger partial charge on any atom is -0.329 e. The molecule has 2 aromatic rings. The van der Waals surface area contributed by atoms with E-state index in [9.17, 15) is 19.3 Å². The van der Waals surface area contributed by atoms with Gasteiger partial charge in [-0.15, -0.1) is 0 Å². The van der Waals surface area contributed by atoms with Gasteiger partial charge >= 0.3 is 5.69 Å². The van der Waals surface area contributed by atoms with Gasteiger partial charge in [0.25, 0.3) is 0 Å². The fraction of sp³-hybridized carbons (Fsp3) is 0.267. The zero-order chi connectivity index (χ0) is 17.3. The summed E-state index contributed by atoms with van der Waals surface area (Å²) in [6.45, 7) is 0. The molecule has 0 atom stereocenters. The highest BCUT2D eigenvalue weighted by Crippen LogP contribution is 2.31. The largest absolute Gasteiger partial charge is 0.329 e. The molecular formula is C15H14FN5O3. The minimum absolute atomic E-state index is 0.0462. The molecule has 3 rings (SSSR count). The molecule has 1 N–H and O–H groups in total. The average molecular weight is 331 g/mol. The number of amides is 1. The highest BCUT2D eigenvalue weighted by atomic mass is 19.1. The lowest BCUT2D eigenvalue weighted by Crippen LogP contribution is -2.16. The number of nitro groups is 1. The van der Waals surface area contributed by atoms with Crippen LogP contribution in [0.2, 0.25) is 0 Å². The Bertz CT molecular complexity index is 809. The van der Waals surface area contributed by atoms with Crippen molar-refractivity contribution >= 4 is 28.9 Å². The van der Waals surface area contributed by atoms with Crippen LogP contribution in [0, 0.1) is 21.8 Å². The summed E-state index contributed by atoms with van der Waals surface area (Å²) in [6, 6.07) is 5.13. The van der Waals surface area contributed by atoms with Crippen LogP contribution in [0.3, 0.4) is 0 Å². The van der Waals surface area contributed by atoms with Crippen molar-refractivity contribution in [1.29, 1.82) is 0 Å². The van der Waals surface area contributed by atoms with Gasteiger partial charge in [-0.2, -0.15) is 4.39 Å². The maximum Gasteiger partial charge on any atom is 0.304 e. The fourth-order valence-electron chi connectivity index (χ4n) is 2.16. The Morgan fingerprint density at radius 1 is 1.38 bits per heavy atom. The standard InChI is InChI=1S/C15H14FN5O3/c1-20(10-4-5-12(21(23)24)11(16)6-10)14-7-13(17-8-18-14)19-15(22)9-2-3-9/h4-9H,2-3H2,1H3,(H,17,18,19,22). The summed E-state index contributed by atoms with van der Waals surface area (Å²) in [5.41, 5.74) is -0.205. The molecule has 0 radical (unpaired) electrons. The lowest BCUT2D eigenvalue weighted by molar-refractivity contribution is -0.387. The SMILES string of the molecule is CN(c1ccc([N+](=O)[O-])c(F)c1)c1cc(NC(=O)C2CC2)ncn1. The van der Waals surface area contributed by atoms with Crippen molar-refractivity contribution in [3.05, 3.63) is 46.5 Å². The van der Waals surface area contributed by atoms with E-state index in [1.807, 2.05) is 0 Å². The van der Waals surface area contributed by atoms with Crippen LogP contribution in [0.25, 0.3) is 0 Å². The molecule has 0 saturated heterocycles. The highest BCUT2D eigenvalue weighted by Gasteiger charge is 2.29. The maximum atomic E-state index is 13.8. The van der Waals surface area contributed by atoms with Gasteiger partial charge in [0.05, 0.1) is 4.92 Å². The van der Waals surface area contributed by atoms with E-state index in [4.69, 9.17) is 0 Å². The van der Waals surface area contributed by atoms with Crippen molar-refractivity contribution in [3.8, 4) is 0 Å². The number of anilines is 3. The number of nitrogens with zero attached hydrogens (tertiary/aromatic N) is 4. The van der Waals surface area contributed by atoms with Crippen molar-refractivity contribution in [2.75, 3.05) is 17.3 Å².